The van der Waals surface area contributed by atoms with Crippen LogP contribution in [0.25, 0.3) is 0 Å². The predicted octanol–water partition coefficient (Wildman–Crippen LogP) is 3.07. The van der Waals surface area contributed by atoms with Crippen LogP contribution in [0.15, 0.2) is 47.6 Å². The van der Waals surface area contributed by atoms with Crippen LogP contribution >= 0.6 is 11.8 Å². The summed E-state index contributed by atoms with van der Waals surface area (Å²) in [6.07, 6.45) is 4.42. The molecule has 0 saturated carbocycles. The second-order valence-electron chi connectivity index (χ2n) is 7.10. The molecule has 2 N–H and O–H groups in total. The summed E-state index contributed by atoms with van der Waals surface area (Å²) in [7, 11) is 1.72. The zero-order valence-corrected chi connectivity index (χ0v) is 17.4. The standard InChI is InChI=1S/C21H22N6O2S/c1-27-21(24-25-26-27)30-13-19(28)22-16-11-9-15(10-12-16)20(29)23-18-8-4-6-14-5-2-3-7-17(14)18/h4,6,8-12H,2-3,5,7,13H2,1H3,(H,22,28)(H,23,29). The minimum absolute atomic E-state index is 0.155. The minimum atomic E-state index is -0.170. The molecule has 1 aromatic heterocycles. The molecular weight excluding hydrogens is 400 g/mol. The molecule has 3 aromatic rings. The molecule has 0 atom stereocenters. The molecule has 0 aliphatic heterocycles. The van der Waals surface area contributed by atoms with Gasteiger partial charge in [-0.3, -0.25) is 9.59 Å². The zero-order valence-electron chi connectivity index (χ0n) is 16.6. The smallest absolute Gasteiger partial charge is 0.255 e. The Balaban J connectivity index is 1.34. The van der Waals surface area contributed by atoms with Crippen LogP contribution < -0.4 is 10.6 Å². The molecule has 1 aliphatic rings. The van der Waals surface area contributed by atoms with Gasteiger partial charge >= 0.3 is 0 Å². The third kappa shape index (κ3) is 4.68. The SMILES string of the molecule is Cn1nnnc1SCC(=O)Nc1ccc(C(=O)Nc2cccc3c2CCCC3)cc1. The van der Waals surface area contributed by atoms with Gasteiger partial charge in [-0.25, -0.2) is 4.68 Å². The number of hydrogen-bond donors (Lipinski definition) is 2. The first-order valence-electron chi connectivity index (χ1n) is 9.77. The van der Waals surface area contributed by atoms with Crippen molar-refractivity contribution in [1.82, 2.24) is 20.2 Å². The molecule has 30 heavy (non-hydrogen) atoms. The topological polar surface area (TPSA) is 102 Å². The number of carbonyl (C=O) groups excluding carboxylic acids is 2. The van der Waals surface area contributed by atoms with Gasteiger partial charge in [0.05, 0.1) is 5.75 Å². The molecule has 1 heterocycles. The van der Waals surface area contributed by atoms with Crippen molar-refractivity contribution >= 4 is 35.0 Å². The fourth-order valence-corrected chi connectivity index (χ4v) is 4.12. The highest BCUT2D eigenvalue weighted by Crippen LogP contribution is 2.28. The van der Waals surface area contributed by atoms with E-state index in [0.717, 1.165) is 24.9 Å². The second kappa shape index (κ2) is 9.08. The summed E-state index contributed by atoms with van der Waals surface area (Å²) in [6, 6.07) is 13.0. The van der Waals surface area contributed by atoms with Gasteiger partial charge in [0.15, 0.2) is 0 Å². The fourth-order valence-electron chi connectivity index (χ4n) is 3.47. The van der Waals surface area contributed by atoms with E-state index in [-0.39, 0.29) is 17.6 Å². The molecule has 0 spiro atoms. The van der Waals surface area contributed by atoms with Gasteiger partial charge in [-0.1, -0.05) is 23.9 Å². The molecule has 8 nitrogen and oxygen atoms in total. The van der Waals surface area contributed by atoms with Gasteiger partial charge in [0.2, 0.25) is 11.1 Å². The van der Waals surface area contributed by atoms with Crippen molar-refractivity contribution in [2.75, 3.05) is 16.4 Å². The molecule has 4 rings (SSSR count). The van der Waals surface area contributed by atoms with Crippen molar-refractivity contribution < 1.29 is 9.59 Å². The van der Waals surface area contributed by atoms with E-state index in [1.807, 2.05) is 12.1 Å². The molecule has 0 saturated heterocycles. The third-order valence-corrected chi connectivity index (χ3v) is 6.00. The Morgan fingerprint density at radius 3 is 2.63 bits per heavy atom. The van der Waals surface area contributed by atoms with Gasteiger partial charge in [-0.05, 0) is 77.6 Å². The Bertz CT molecular complexity index is 1060. The Kier molecular flexibility index (Phi) is 6.08. The Labute approximate surface area is 178 Å². The maximum Gasteiger partial charge on any atom is 0.255 e. The van der Waals surface area contributed by atoms with E-state index >= 15 is 0 Å². The Hall–Kier alpha value is -3.20. The van der Waals surface area contributed by atoms with Crippen molar-refractivity contribution in [1.29, 1.82) is 0 Å². The third-order valence-electron chi connectivity index (χ3n) is 4.99. The van der Waals surface area contributed by atoms with E-state index in [4.69, 9.17) is 0 Å². The number of aryl methyl sites for hydroxylation is 2. The largest absolute Gasteiger partial charge is 0.325 e. The summed E-state index contributed by atoms with van der Waals surface area (Å²) in [5.74, 6) is -0.136. The summed E-state index contributed by atoms with van der Waals surface area (Å²) in [5.41, 5.74) is 4.64. The van der Waals surface area contributed by atoms with Gasteiger partial charge in [0.1, 0.15) is 0 Å². The van der Waals surface area contributed by atoms with E-state index in [9.17, 15) is 9.59 Å². The van der Waals surface area contributed by atoms with Gasteiger partial charge in [0, 0.05) is 24.0 Å². The van der Waals surface area contributed by atoms with E-state index in [1.165, 1.54) is 34.0 Å². The molecule has 2 aromatic carbocycles. The fraction of sp³-hybridized carbons (Fsp3) is 0.286. The van der Waals surface area contributed by atoms with Crippen molar-refractivity contribution in [2.24, 2.45) is 7.05 Å². The van der Waals surface area contributed by atoms with Crippen LogP contribution in [0.2, 0.25) is 0 Å². The number of tetrazole rings is 1. The van der Waals surface area contributed by atoms with Gasteiger partial charge in [-0.2, -0.15) is 0 Å². The molecule has 0 bridgehead atoms. The van der Waals surface area contributed by atoms with Crippen LogP contribution in [-0.2, 0) is 24.7 Å². The van der Waals surface area contributed by atoms with Crippen LogP contribution in [0, 0.1) is 0 Å². The number of anilines is 2. The Morgan fingerprint density at radius 2 is 1.87 bits per heavy atom. The molecule has 154 valence electrons. The summed E-state index contributed by atoms with van der Waals surface area (Å²) >= 11 is 1.25. The van der Waals surface area contributed by atoms with E-state index in [0.29, 0.717) is 16.4 Å². The molecular formula is C21H22N6O2S. The van der Waals surface area contributed by atoms with Crippen LogP contribution in [0.1, 0.15) is 34.3 Å². The highest BCUT2D eigenvalue weighted by Gasteiger charge is 2.15. The van der Waals surface area contributed by atoms with Crippen molar-refractivity contribution in [3.8, 4) is 0 Å². The highest BCUT2D eigenvalue weighted by molar-refractivity contribution is 7.99. The second-order valence-corrected chi connectivity index (χ2v) is 8.05. The lowest BCUT2D eigenvalue weighted by molar-refractivity contribution is -0.113. The van der Waals surface area contributed by atoms with E-state index in [1.54, 1.807) is 31.3 Å². The lowest BCUT2D eigenvalue weighted by Crippen LogP contribution is -2.16. The predicted molar refractivity (Wildman–Crippen MR) is 116 cm³/mol. The normalized spacial score (nSPS) is 12.8. The maximum atomic E-state index is 12.7. The summed E-state index contributed by atoms with van der Waals surface area (Å²) in [5, 5.41) is 17.5. The lowest BCUT2D eigenvalue weighted by Gasteiger charge is -2.19. The maximum absolute atomic E-state index is 12.7. The average Bonchev–Trinajstić information content (AvgIpc) is 3.18. The first-order chi connectivity index (χ1) is 14.6. The van der Waals surface area contributed by atoms with Gasteiger partial charge < -0.3 is 10.6 Å². The number of aromatic nitrogens is 4. The monoisotopic (exact) mass is 422 g/mol. The summed E-state index contributed by atoms with van der Waals surface area (Å²) in [4.78, 5) is 24.8. The van der Waals surface area contributed by atoms with Crippen molar-refractivity contribution in [3.63, 3.8) is 0 Å². The highest BCUT2D eigenvalue weighted by atomic mass is 32.2. The molecule has 0 fully saturated rings. The summed E-state index contributed by atoms with van der Waals surface area (Å²) in [6.45, 7) is 0. The number of benzene rings is 2. The van der Waals surface area contributed by atoms with Gasteiger partial charge in [-0.15, -0.1) is 5.10 Å². The number of carbonyl (C=O) groups is 2. The van der Waals surface area contributed by atoms with E-state index in [2.05, 4.69) is 32.2 Å². The van der Waals surface area contributed by atoms with Crippen LogP contribution in [0.5, 0.6) is 0 Å². The molecule has 0 radical (unpaired) electrons. The number of nitrogens with zero attached hydrogens (tertiary/aromatic N) is 4. The number of amides is 2. The molecule has 0 unspecified atom stereocenters. The summed E-state index contributed by atoms with van der Waals surface area (Å²) < 4.78 is 1.51. The molecule has 1 aliphatic carbocycles. The van der Waals surface area contributed by atoms with Crippen LogP contribution in [0.3, 0.4) is 0 Å². The van der Waals surface area contributed by atoms with Crippen molar-refractivity contribution in [2.45, 2.75) is 30.8 Å². The number of fused-ring (bicyclic) bond motifs is 1. The number of nitrogens with one attached hydrogen (secondary N) is 2. The molecule has 2 amide bonds. The van der Waals surface area contributed by atoms with E-state index < -0.39 is 0 Å². The average molecular weight is 423 g/mol. The minimum Gasteiger partial charge on any atom is -0.325 e. The zero-order chi connectivity index (χ0) is 20.9. The number of thioether (sulfide) groups is 1. The first-order valence-corrected chi connectivity index (χ1v) is 10.8. The number of rotatable bonds is 6. The first kappa shape index (κ1) is 20.1. The van der Waals surface area contributed by atoms with Crippen LogP contribution in [0.4, 0.5) is 11.4 Å². The number of hydrogen-bond acceptors (Lipinski definition) is 6. The quantitative estimate of drug-likeness (QED) is 0.592. The van der Waals surface area contributed by atoms with Crippen molar-refractivity contribution in [3.05, 3.63) is 59.2 Å². The van der Waals surface area contributed by atoms with Crippen LogP contribution in [-0.4, -0.2) is 37.8 Å². The Morgan fingerprint density at radius 1 is 1.07 bits per heavy atom. The molecule has 9 heteroatoms. The van der Waals surface area contributed by atoms with Gasteiger partial charge in [0.25, 0.3) is 5.91 Å². The lowest BCUT2D eigenvalue weighted by atomic mass is 9.90.